The molecule has 2 aliphatic rings. The van der Waals surface area contributed by atoms with Crippen molar-refractivity contribution in [3.05, 3.63) is 48.0 Å². The standard InChI is InChI=1S/C36H46N8O4/c1-19(2)31(37-21(5)45)35(47)43-15-7-9-29(43)33-39-25-13-11-23(17-27(25)41-33)24-12-14-26-28(18-24)42-34(40-26)30-10-8-16-44(30)36(48)32(20(3)4)38-22(6)46/h11-14,17-20,29-32H,7-10,15-16H2,1-6H3,(H,37,45)(H,38,46)(H,39,41)(H,40,42)/t29-,30-,31-,32-/m0/s1. The maximum absolute atomic E-state index is 13.5. The molecule has 0 saturated carbocycles. The predicted molar refractivity (Wildman–Crippen MR) is 183 cm³/mol. The molecule has 2 fully saturated rings. The van der Waals surface area contributed by atoms with Crippen LogP contribution in [0.5, 0.6) is 0 Å². The van der Waals surface area contributed by atoms with Gasteiger partial charge in [-0.05, 0) is 72.9 Å². The number of hydrogen-bond donors (Lipinski definition) is 4. The van der Waals surface area contributed by atoms with E-state index in [-0.39, 0.29) is 47.5 Å². The minimum absolute atomic E-state index is 0.0318. The van der Waals surface area contributed by atoms with Crippen LogP contribution in [0, 0.1) is 11.8 Å². The molecule has 0 radical (unpaired) electrons. The Morgan fingerprint density at radius 3 is 1.44 bits per heavy atom. The number of fused-ring (bicyclic) bond motifs is 2. The van der Waals surface area contributed by atoms with Gasteiger partial charge in [0.2, 0.25) is 23.6 Å². The number of imidazole rings is 2. The summed E-state index contributed by atoms with van der Waals surface area (Å²) in [6.45, 7) is 11.9. The number of aromatic nitrogens is 4. The average Bonchev–Trinajstić information content (AvgIpc) is 3.85. The maximum atomic E-state index is 13.5. The van der Waals surface area contributed by atoms with Gasteiger partial charge in [-0.15, -0.1) is 0 Å². The minimum Gasteiger partial charge on any atom is -0.344 e. The van der Waals surface area contributed by atoms with E-state index < -0.39 is 12.1 Å². The molecule has 12 heteroatoms. The van der Waals surface area contributed by atoms with Gasteiger partial charge in [0, 0.05) is 26.9 Å². The number of H-pyrrole nitrogens is 2. The zero-order valence-electron chi connectivity index (χ0n) is 28.6. The smallest absolute Gasteiger partial charge is 0.246 e. The van der Waals surface area contributed by atoms with Crippen LogP contribution < -0.4 is 10.6 Å². The molecule has 2 saturated heterocycles. The zero-order valence-corrected chi connectivity index (χ0v) is 28.6. The average molecular weight is 655 g/mol. The molecule has 6 rings (SSSR count). The number of aromatic amines is 2. The van der Waals surface area contributed by atoms with Gasteiger partial charge < -0.3 is 30.4 Å². The van der Waals surface area contributed by atoms with Crippen molar-refractivity contribution in [2.45, 2.75) is 91.4 Å². The van der Waals surface area contributed by atoms with Crippen molar-refractivity contribution in [2.75, 3.05) is 13.1 Å². The normalized spacial score (nSPS) is 19.4. The van der Waals surface area contributed by atoms with Gasteiger partial charge in [-0.25, -0.2) is 9.97 Å². The van der Waals surface area contributed by atoms with Gasteiger partial charge in [0.15, 0.2) is 0 Å². The Hall–Kier alpha value is -4.74. The number of nitrogens with one attached hydrogen (secondary N) is 4. The second kappa shape index (κ2) is 13.4. The molecule has 0 aliphatic carbocycles. The highest BCUT2D eigenvalue weighted by molar-refractivity contribution is 5.89. The Labute approximate surface area is 280 Å². The van der Waals surface area contributed by atoms with E-state index in [4.69, 9.17) is 9.97 Å². The first-order valence-electron chi connectivity index (χ1n) is 17.1. The number of hydrogen-bond acceptors (Lipinski definition) is 6. The number of carbonyl (C=O) groups excluding carboxylic acids is 4. The molecule has 4 aromatic rings. The number of benzene rings is 2. The van der Waals surface area contributed by atoms with Crippen molar-refractivity contribution in [1.29, 1.82) is 0 Å². The van der Waals surface area contributed by atoms with E-state index in [0.717, 1.165) is 70.5 Å². The van der Waals surface area contributed by atoms with E-state index in [0.29, 0.717) is 13.1 Å². The number of nitrogens with zero attached hydrogens (tertiary/aromatic N) is 4. The maximum Gasteiger partial charge on any atom is 0.246 e. The molecule has 0 unspecified atom stereocenters. The Kier molecular flexibility index (Phi) is 9.26. The molecule has 2 aliphatic heterocycles. The second-order valence-electron chi connectivity index (χ2n) is 13.9. The fraction of sp³-hybridized carbons (Fsp3) is 0.500. The molecule has 2 aromatic heterocycles. The van der Waals surface area contributed by atoms with Crippen molar-refractivity contribution in [1.82, 2.24) is 40.4 Å². The third-order valence-electron chi connectivity index (χ3n) is 9.62. The Morgan fingerprint density at radius 1 is 0.688 bits per heavy atom. The quantitative estimate of drug-likeness (QED) is 0.204. The lowest BCUT2D eigenvalue weighted by Gasteiger charge is -2.30. The molecular formula is C36H46N8O4. The molecule has 254 valence electrons. The first-order valence-corrected chi connectivity index (χ1v) is 17.1. The van der Waals surface area contributed by atoms with Gasteiger partial charge in [0.05, 0.1) is 34.2 Å². The molecular weight excluding hydrogens is 608 g/mol. The molecule has 0 spiro atoms. The Balaban J connectivity index is 1.23. The zero-order chi connectivity index (χ0) is 34.3. The number of likely N-dealkylation sites (tertiary alicyclic amines) is 2. The SMILES string of the molecule is CC(=O)N[C@H](C(=O)N1CCC[C@H]1c1nc2cc(-c3ccc4[nH]c([C@@H]5CCCN5C(=O)[C@@H](NC(C)=O)C(C)C)nc4c3)ccc2[nH]1)C(C)C. The van der Waals surface area contributed by atoms with Crippen molar-refractivity contribution >= 4 is 45.7 Å². The van der Waals surface area contributed by atoms with E-state index in [9.17, 15) is 19.2 Å². The summed E-state index contributed by atoms with van der Waals surface area (Å²) in [5, 5.41) is 5.66. The van der Waals surface area contributed by atoms with Crippen LogP contribution in [-0.2, 0) is 19.2 Å². The van der Waals surface area contributed by atoms with Gasteiger partial charge in [-0.3, -0.25) is 19.2 Å². The van der Waals surface area contributed by atoms with Crippen LogP contribution in [0.4, 0.5) is 0 Å². The fourth-order valence-electron chi connectivity index (χ4n) is 7.18. The third kappa shape index (κ3) is 6.52. The molecule has 4 atom stereocenters. The minimum atomic E-state index is -0.575. The summed E-state index contributed by atoms with van der Waals surface area (Å²) in [6, 6.07) is 10.7. The molecule has 12 nitrogen and oxygen atoms in total. The lowest BCUT2D eigenvalue weighted by Crippen LogP contribution is -2.50. The number of rotatable bonds is 9. The van der Waals surface area contributed by atoms with Gasteiger partial charge >= 0.3 is 0 Å². The van der Waals surface area contributed by atoms with Crippen molar-refractivity contribution in [3.8, 4) is 11.1 Å². The Bertz CT molecular complexity index is 1720. The molecule has 2 aromatic carbocycles. The lowest BCUT2D eigenvalue weighted by atomic mass is 10.0. The monoisotopic (exact) mass is 654 g/mol. The van der Waals surface area contributed by atoms with Crippen LogP contribution in [0.1, 0.15) is 91.0 Å². The second-order valence-corrected chi connectivity index (χ2v) is 13.9. The molecule has 48 heavy (non-hydrogen) atoms. The number of carbonyl (C=O) groups is 4. The van der Waals surface area contributed by atoms with E-state index in [2.05, 4.69) is 20.6 Å². The summed E-state index contributed by atoms with van der Waals surface area (Å²) in [4.78, 5) is 71.2. The van der Waals surface area contributed by atoms with Crippen molar-refractivity contribution in [2.24, 2.45) is 11.8 Å². The summed E-state index contributed by atoms with van der Waals surface area (Å²) in [7, 11) is 0. The first-order chi connectivity index (χ1) is 22.9. The fourth-order valence-corrected chi connectivity index (χ4v) is 7.18. The first kappa shape index (κ1) is 33.2. The topological polar surface area (TPSA) is 156 Å². The lowest BCUT2D eigenvalue weighted by molar-refractivity contribution is -0.138. The van der Waals surface area contributed by atoms with E-state index >= 15 is 0 Å². The molecule has 4 heterocycles. The predicted octanol–water partition coefficient (Wildman–Crippen LogP) is 4.75. The molecule has 0 bridgehead atoms. The van der Waals surface area contributed by atoms with Crippen LogP contribution >= 0.6 is 0 Å². The van der Waals surface area contributed by atoms with Gasteiger partial charge in [0.1, 0.15) is 23.7 Å². The van der Waals surface area contributed by atoms with E-state index in [1.807, 2.05) is 73.9 Å². The summed E-state index contributed by atoms with van der Waals surface area (Å²) < 4.78 is 0. The molecule has 4 amide bonds. The van der Waals surface area contributed by atoms with Gasteiger partial charge in [-0.1, -0.05) is 39.8 Å². The highest BCUT2D eigenvalue weighted by Gasteiger charge is 2.38. The highest BCUT2D eigenvalue weighted by Crippen LogP contribution is 2.35. The largest absolute Gasteiger partial charge is 0.344 e. The van der Waals surface area contributed by atoms with Crippen molar-refractivity contribution < 1.29 is 19.2 Å². The third-order valence-corrected chi connectivity index (χ3v) is 9.62. The highest BCUT2D eigenvalue weighted by atomic mass is 16.2. The van der Waals surface area contributed by atoms with Crippen LogP contribution in [0.15, 0.2) is 36.4 Å². The van der Waals surface area contributed by atoms with E-state index in [1.54, 1.807) is 0 Å². The number of amides is 4. The van der Waals surface area contributed by atoms with Crippen LogP contribution in [0.3, 0.4) is 0 Å². The van der Waals surface area contributed by atoms with Crippen LogP contribution in [0.2, 0.25) is 0 Å². The van der Waals surface area contributed by atoms with Crippen LogP contribution in [0.25, 0.3) is 33.2 Å². The summed E-state index contributed by atoms with van der Waals surface area (Å²) in [5.74, 6) is 0.853. The van der Waals surface area contributed by atoms with Gasteiger partial charge in [-0.2, -0.15) is 0 Å². The van der Waals surface area contributed by atoms with E-state index in [1.165, 1.54) is 13.8 Å². The van der Waals surface area contributed by atoms with Crippen LogP contribution in [-0.4, -0.2) is 78.5 Å². The summed E-state index contributed by atoms with van der Waals surface area (Å²) >= 11 is 0. The van der Waals surface area contributed by atoms with Gasteiger partial charge in [0.25, 0.3) is 0 Å². The molecule has 4 N–H and O–H groups in total. The van der Waals surface area contributed by atoms with Crippen molar-refractivity contribution in [3.63, 3.8) is 0 Å². The Morgan fingerprint density at radius 2 is 1.08 bits per heavy atom. The summed E-state index contributed by atoms with van der Waals surface area (Å²) in [6.07, 6.45) is 3.35. The summed E-state index contributed by atoms with van der Waals surface area (Å²) in [5.41, 5.74) is 5.39.